The summed E-state index contributed by atoms with van der Waals surface area (Å²) in [5.74, 6) is 3.24. The monoisotopic (exact) mass is 355 g/mol. The van der Waals surface area contributed by atoms with Crippen LogP contribution in [0.25, 0.3) is 5.57 Å². The molecule has 3 rings (SSSR count). The summed E-state index contributed by atoms with van der Waals surface area (Å²) >= 11 is 0. The van der Waals surface area contributed by atoms with E-state index in [1.807, 2.05) is 0 Å². The van der Waals surface area contributed by atoms with Crippen molar-refractivity contribution >= 4 is 5.57 Å². The number of nitrogens with zero attached hydrogens (tertiary/aromatic N) is 1. The number of fused-ring (bicyclic) bond motifs is 1. The van der Waals surface area contributed by atoms with Crippen molar-refractivity contribution in [2.75, 3.05) is 19.7 Å². The highest BCUT2D eigenvalue weighted by atomic mass is 16.5. The van der Waals surface area contributed by atoms with E-state index < -0.39 is 0 Å². The molecule has 2 heteroatoms. The van der Waals surface area contributed by atoms with E-state index in [-0.39, 0.29) is 0 Å². The third-order valence-electron chi connectivity index (χ3n) is 7.16. The Bertz CT molecular complexity index is 662. The summed E-state index contributed by atoms with van der Waals surface area (Å²) in [5, 5.41) is 0. The van der Waals surface area contributed by atoms with E-state index in [1.54, 1.807) is 11.1 Å². The first-order chi connectivity index (χ1) is 12.5. The molecule has 2 unspecified atom stereocenters. The van der Waals surface area contributed by atoms with Crippen molar-refractivity contribution < 1.29 is 4.74 Å². The van der Waals surface area contributed by atoms with Crippen LogP contribution in [0.1, 0.15) is 65.0 Å². The van der Waals surface area contributed by atoms with Crippen molar-refractivity contribution in [1.82, 2.24) is 4.90 Å². The molecule has 4 atom stereocenters. The van der Waals surface area contributed by atoms with Gasteiger partial charge in [0.05, 0.1) is 6.61 Å². The van der Waals surface area contributed by atoms with E-state index in [1.165, 1.54) is 37.1 Å². The van der Waals surface area contributed by atoms with Gasteiger partial charge in [-0.1, -0.05) is 38.8 Å². The Morgan fingerprint density at radius 2 is 1.92 bits per heavy atom. The predicted octanol–water partition coefficient (Wildman–Crippen LogP) is 5.94. The second-order valence-electron chi connectivity index (χ2n) is 8.54. The maximum atomic E-state index is 5.80. The van der Waals surface area contributed by atoms with Gasteiger partial charge in [-0.2, -0.15) is 0 Å². The molecule has 1 aromatic rings. The minimum absolute atomic E-state index is 0.628. The van der Waals surface area contributed by atoms with Crippen LogP contribution in [-0.2, 0) is 0 Å². The highest BCUT2D eigenvalue weighted by Crippen LogP contribution is 2.41. The third kappa shape index (κ3) is 3.71. The number of benzene rings is 1. The Hall–Kier alpha value is -1.28. The van der Waals surface area contributed by atoms with Gasteiger partial charge < -0.3 is 4.74 Å². The lowest BCUT2D eigenvalue weighted by atomic mass is 9.77. The Balaban J connectivity index is 1.96. The summed E-state index contributed by atoms with van der Waals surface area (Å²) in [6, 6.07) is 7.36. The minimum atomic E-state index is 0.628. The van der Waals surface area contributed by atoms with E-state index >= 15 is 0 Å². The summed E-state index contributed by atoms with van der Waals surface area (Å²) in [7, 11) is 0. The fourth-order valence-corrected chi connectivity index (χ4v) is 5.12. The Morgan fingerprint density at radius 3 is 2.62 bits per heavy atom. The maximum absolute atomic E-state index is 5.80. The van der Waals surface area contributed by atoms with Crippen LogP contribution in [0.2, 0.25) is 0 Å². The molecule has 0 amide bonds. The summed E-state index contributed by atoms with van der Waals surface area (Å²) in [6.07, 6.45) is 3.87. The summed E-state index contributed by atoms with van der Waals surface area (Å²) < 4.78 is 5.80. The van der Waals surface area contributed by atoms with E-state index in [0.717, 1.165) is 36.7 Å². The van der Waals surface area contributed by atoms with Crippen LogP contribution < -0.4 is 4.74 Å². The lowest BCUT2D eigenvalue weighted by Gasteiger charge is -2.37. The SMILES string of the molecule is CCOc1ccc(C)c(/C2=C(\C)[C@@H](C)C(C)C3C[C@H](CC)CN3CC2)c1. The Morgan fingerprint density at radius 1 is 1.15 bits per heavy atom. The van der Waals surface area contributed by atoms with Crippen molar-refractivity contribution in [3.8, 4) is 5.75 Å². The fraction of sp³-hybridized carbons (Fsp3) is 0.667. The first-order valence-electron chi connectivity index (χ1n) is 10.6. The fourth-order valence-electron chi connectivity index (χ4n) is 5.12. The topological polar surface area (TPSA) is 12.5 Å². The van der Waals surface area contributed by atoms with Gasteiger partial charge in [-0.05, 0) is 80.2 Å². The van der Waals surface area contributed by atoms with Gasteiger partial charge in [0.2, 0.25) is 0 Å². The average Bonchev–Trinajstić information content (AvgIpc) is 3.05. The van der Waals surface area contributed by atoms with Gasteiger partial charge >= 0.3 is 0 Å². The molecule has 2 nitrogen and oxygen atoms in total. The van der Waals surface area contributed by atoms with Crippen molar-refractivity contribution in [1.29, 1.82) is 0 Å². The molecule has 0 aliphatic carbocycles. The number of rotatable bonds is 4. The molecule has 1 aromatic carbocycles. The van der Waals surface area contributed by atoms with Crippen LogP contribution in [0.5, 0.6) is 5.75 Å². The summed E-state index contributed by atoms with van der Waals surface area (Å²) in [4.78, 5) is 2.80. The summed E-state index contributed by atoms with van der Waals surface area (Å²) in [5.41, 5.74) is 5.92. The average molecular weight is 356 g/mol. The van der Waals surface area contributed by atoms with Crippen LogP contribution in [0, 0.1) is 24.7 Å². The molecule has 26 heavy (non-hydrogen) atoms. The van der Waals surface area contributed by atoms with Gasteiger partial charge in [0.1, 0.15) is 5.75 Å². The van der Waals surface area contributed by atoms with Crippen molar-refractivity contribution in [3.05, 3.63) is 34.9 Å². The first kappa shape index (κ1) is 19.5. The van der Waals surface area contributed by atoms with Gasteiger partial charge in [0, 0.05) is 19.1 Å². The number of hydrogen-bond donors (Lipinski definition) is 0. The first-order valence-corrected chi connectivity index (χ1v) is 10.6. The van der Waals surface area contributed by atoms with E-state index in [2.05, 4.69) is 64.6 Å². The number of allylic oxidation sites excluding steroid dienone is 1. The molecular weight excluding hydrogens is 318 g/mol. The van der Waals surface area contributed by atoms with E-state index in [9.17, 15) is 0 Å². The molecule has 1 fully saturated rings. The van der Waals surface area contributed by atoms with Crippen molar-refractivity contribution in [3.63, 3.8) is 0 Å². The van der Waals surface area contributed by atoms with Gasteiger partial charge in [-0.25, -0.2) is 0 Å². The largest absolute Gasteiger partial charge is 0.494 e. The zero-order valence-electron chi connectivity index (χ0n) is 17.6. The van der Waals surface area contributed by atoms with Gasteiger partial charge in [-0.3, -0.25) is 4.90 Å². The number of ether oxygens (including phenoxy) is 1. The number of hydrogen-bond acceptors (Lipinski definition) is 2. The lowest BCUT2D eigenvalue weighted by molar-refractivity contribution is 0.171. The zero-order chi connectivity index (χ0) is 18.8. The molecule has 0 N–H and O–H groups in total. The predicted molar refractivity (Wildman–Crippen MR) is 112 cm³/mol. The minimum Gasteiger partial charge on any atom is -0.494 e. The third-order valence-corrected chi connectivity index (χ3v) is 7.16. The lowest BCUT2D eigenvalue weighted by Crippen LogP contribution is -2.39. The maximum Gasteiger partial charge on any atom is 0.119 e. The molecule has 2 heterocycles. The molecule has 1 saturated heterocycles. The standard InChI is InChI=1S/C24H37NO/c1-7-20-13-24-19(6)17(4)18(5)22(11-12-25(24)15-20)23-14-21(26-8-2)10-9-16(23)3/h9-10,14,17,19-20,24H,7-8,11-13,15H2,1-6H3/b22-18+/t17-,19?,20+,24?/m1/s1. The molecule has 2 aliphatic heterocycles. The van der Waals surface area contributed by atoms with Crippen molar-refractivity contribution in [2.24, 2.45) is 17.8 Å². The van der Waals surface area contributed by atoms with Crippen LogP contribution in [0.15, 0.2) is 23.8 Å². The molecule has 2 aliphatic rings. The smallest absolute Gasteiger partial charge is 0.119 e. The molecule has 144 valence electrons. The highest BCUT2D eigenvalue weighted by Gasteiger charge is 2.38. The van der Waals surface area contributed by atoms with Gasteiger partial charge in [0.25, 0.3) is 0 Å². The van der Waals surface area contributed by atoms with Gasteiger partial charge in [-0.15, -0.1) is 0 Å². The van der Waals surface area contributed by atoms with Crippen molar-refractivity contribution in [2.45, 2.75) is 66.8 Å². The summed E-state index contributed by atoms with van der Waals surface area (Å²) in [6.45, 7) is 17.2. The molecule has 0 radical (unpaired) electrons. The molecule has 0 saturated carbocycles. The second kappa shape index (κ2) is 8.17. The zero-order valence-corrected chi connectivity index (χ0v) is 17.6. The normalized spacial score (nSPS) is 32.8. The molecule has 0 bridgehead atoms. The Labute approximate surface area is 160 Å². The Kier molecular flexibility index (Phi) is 6.12. The van der Waals surface area contributed by atoms with E-state index in [4.69, 9.17) is 4.74 Å². The quantitative estimate of drug-likeness (QED) is 0.662. The van der Waals surface area contributed by atoms with Gasteiger partial charge in [0.15, 0.2) is 0 Å². The van der Waals surface area contributed by atoms with Crippen LogP contribution in [-0.4, -0.2) is 30.6 Å². The molecular formula is C24H37NO. The molecule has 0 aromatic heterocycles. The second-order valence-corrected chi connectivity index (χ2v) is 8.54. The van der Waals surface area contributed by atoms with E-state index in [0.29, 0.717) is 5.92 Å². The number of aryl methyl sites for hydroxylation is 1. The van der Waals surface area contributed by atoms with Crippen LogP contribution >= 0.6 is 0 Å². The van der Waals surface area contributed by atoms with Crippen LogP contribution in [0.3, 0.4) is 0 Å². The van der Waals surface area contributed by atoms with Crippen LogP contribution in [0.4, 0.5) is 0 Å². The highest BCUT2D eigenvalue weighted by molar-refractivity contribution is 5.72. The molecule has 0 spiro atoms.